The fourth-order valence-electron chi connectivity index (χ4n) is 5.95. The minimum atomic E-state index is -4.77. The number of nitrogens with zero attached hydrogens (tertiary/aromatic N) is 5. The molecule has 10 heteroatoms. The average molecular weight is 646 g/mol. The largest absolute Gasteiger partial charge is 0.508 e. The van der Waals surface area contributed by atoms with Gasteiger partial charge in [0.25, 0.3) is 5.91 Å². The predicted octanol–water partition coefficient (Wildman–Crippen LogP) is 8.90. The summed E-state index contributed by atoms with van der Waals surface area (Å²) in [4.78, 5) is 18.6. The maximum Gasteiger partial charge on any atom is 0.433 e. The van der Waals surface area contributed by atoms with Gasteiger partial charge in [0.15, 0.2) is 17.0 Å². The molecule has 7 nitrogen and oxygen atoms in total. The SMILES string of the molecule is CC(C)c1ccc(-c2cc(C(F)(F)F)n3nc(C(=O)N4N=C(c5ccc(-c6ccccc6)cc5)C[C@H]4c4ccccc4O)cc3n2)cc1. The second-order valence-corrected chi connectivity index (χ2v) is 12.0. The van der Waals surface area contributed by atoms with Crippen LogP contribution in [0.25, 0.3) is 28.0 Å². The third-order valence-corrected chi connectivity index (χ3v) is 8.55. The van der Waals surface area contributed by atoms with Gasteiger partial charge in [-0.3, -0.25) is 4.79 Å². The number of para-hydroxylation sites is 1. The van der Waals surface area contributed by atoms with Crippen molar-refractivity contribution in [1.82, 2.24) is 19.6 Å². The molecule has 0 unspecified atom stereocenters. The maximum atomic E-state index is 14.4. The number of fused-ring (bicyclic) bond motifs is 1. The second-order valence-electron chi connectivity index (χ2n) is 12.0. The Hall–Kier alpha value is -5.77. The van der Waals surface area contributed by atoms with E-state index in [2.05, 4.69) is 15.2 Å². The number of rotatable bonds is 6. The quantitative estimate of drug-likeness (QED) is 0.196. The third kappa shape index (κ3) is 5.81. The van der Waals surface area contributed by atoms with E-state index in [1.54, 1.807) is 30.3 Å². The highest BCUT2D eigenvalue weighted by molar-refractivity contribution is 6.05. The standard InChI is InChI=1S/C38H30F3N5O2/c1-23(2)24-12-16-27(17-13-24)30-21-35(38(39,40)41)46-36(42-30)22-32(44-46)37(48)45-33(29-10-6-7-11-34(29)47)20-31(43-45)28-18-14-26(15-19-28)25-8-4-3-5-9-25/h3-19,21-23,33,47H,20H2,1-2H3/t33-/m0/s1. The number of phenols is 1. The summed E-state index contributed by atoms with van der Waals surface area (Å²) >= 11 is 0. The summed E-state index contributed by atoms with van der Waals surface area (Å²) in [5, 5.41) is 20.7. The first-order valence-corrected chi connectivity index (χ1v) is 15.5. The minimum absolute atomic E-state index is 0.0275. The molecule has 2 aromatic heterocycles. The summed E-state index contributed by atoms with van der Waals surface area (Å²) < 4.78 is 43.7. The van der Waals surface area contributed by atoms with Crippen LogP contribution in [0.1, 0.15) is 65.1 Å². The van der Waals surface area contributed by atoms with E-state index in [9.17, 15) is 23.1 Å². The Kier molecular flexibility index (Phi) is 7.79. The lowest BCUT2D eigenvalue weighted by Gasteiger charge is -2.21. The van der Waals surface area contributed by atoms with Crippen LogP contribution in [0.2, 0.25) is 0 Å². The van der Waals surface area contributed by atoms with Crippen molar-refractivity contribution in [2.75, 3.05) is 0 Å². The van der Waals surface area contributed by atoms with Gasteiger partial charge in [0, 0.05) is 23.6 Å². The lowest BCUT2D eigenvalue weighted by Crippen LogP contribution is -2.27. The van der Waals surface area contributed by atoms with Gasteiger partial charge in [-0.2, -0.15) is 23.4 Å². The molecule has 48 heavy (non-hydrogen) atoms. The highest BCUT2D eigenvalue weighted by Gasteiger charge is 2.38. The molecule has 0 radical (unpaired) electrons. The Bertz CT molecular complexity index is 2160. The molecule has 0 saturated carbocycles. The summed E-state index contributed by atoms with van der Waals surface area (Å²) in [6.07, 6.45) is -4.51. The number of aromatic hydroxyl groups is 1. The number of phenolic OH excluding ortho intramolecular Hbond substituents is 1. The smallest absolute Gasteiger partial charge is 0.433 e. The number of halogens is 3. The molecule has 1 atom stereocenters. The van der Waals surface area contributed by atoms with Crippen LogP contribution in [0, 0.1) is 0 Å². The summed E-state index contributed by atoms with van der Waals surface area (Å²) in [5.41, 5.74) is 4.09. The van der Waals surface area contributed by atoms with Gasteiger partial charge >= 0.3 is 6.18 Å². The minimum Gasteiger partial charge on any atom is -0.508 e. The first-order valence-electron chi connectivity index (χ1n) is 15.5. The number of aromatic nitrogens is 3. The van der Waals surface area contributed by atoms with Crippen LogP contribution < -0.4 is 0 Å². The Morgan fingerprint density at radius 3 is 2.10 bits per heavy atom. The molecule has 3 heterocycles. The first kappa shape index (κ1) is 30.9. The summed E-state index contributed by atoms with van der Waals surface area (Å²) in [7, 11) is 0. The number of carbonyl (C=O) groups is 1. The zero-order valence-corrected chi connectivity index (χ0v) is 26.1. The van der Waals surface area contributed by atoms with Gasteiger partial charge in [0.2, 0.25) is 0 Å². The predicted molar refractivity (Wildman–Crippen MR) is 178 cm³/mol. The summed E-state index contributed by atoms with van der Waals surface area (Å²) in [5.74, 6) is -0.492. The second kappa shape index (κ2) is 12.1. The number of benzene rings is 4. The zero-order chi connectivity index (χ0) is 33.6. The van der Waals surface area contributed by atoms with E-state index < -0.39 is 23.8 Å². The molecule has 4 aromatic carbocycles. The van der Waals surface area contributed by atoms with Crippen molar-refractivity contribution in [3.05, 3.63) is 143 Å². The lowest BCUT2D eigenvalue weighted by molar-refractivity contribution is -0.142. The molecule has 1 amide bonds. The van der Waals surface area contributed by atoms with Crippen molar-refractivity contribution in [1.29, 1.82) is 0 Å². The van der Waals surface area contributed by atoms with Crippen molar-refractivity contribution in [2.45, 2.75) is 38.4 Å². The molecule has 0 aliphatic carbocycles. The number of hydrogen-bond acceptors (Lipinski definition) is 5. The van der Waals surface area contributed by atoms with Crippen molar-refractivity contribution >= 4 is 17.3 Å². The van der Waals surface area contributed by atoms with E-state index >= 15 is 0 Å². The van der Waals surface area contributed by atoms with Gasteiger partial charge in [-0.1, -0.05) is 111 Å². The molecule has 1 aliphatic heterocycles. The molecule has 0 saturated heterocycles. The van der Waals surface area contributed by atoms with Crippen LogP contribution in [-0.2, 0) is 6.18 Å². The topological polar surface area (TPSA) is 83.1 Å². The van der Waals surface area contributed by atoms with Crippen LogP contribution in [-0.4, -0.2) is 36.3 Å². The van der Waals surface area contributed by atoms with Crippen LogP contribution in [0.15, 0.2) is 120 Å². The number of hydrazone groups is 1. The maximum absolute atomic E-state index is 14.4. The fourth-order valence-corrected chi connectivity index (χ4v) is 5.95. The molecule has 7 rings (SSSR count). The van der Waals surface area contributed by atoms with Crippen LogP contribution in [0.5, 0.6) is 5.75 Å². The highest BCUT2D eigenvalue weighted by Crippen LogP contribution is 2.39. The van der Waals surface area contributed by atoms with E-state index in [1.807, 2.05) is 80.6 Å². The Labute approximate surface area is 274 Å². The molecule has 0 spiro atoms. The van der Waals surface area contributed by atoms with Crippen LogP contribution in [0.3, 0.4) is 0 Å². The van der Waals surface area contributed by atoms with Crippen molar-refractivity contribution in [2.24, 2.45) is 5.10 Å². The normalized spacial score (nSPS) is 14.9. The molecule has 0 fully saturated rings. The lowest BCUT2D eigenvalue weighted by atomic mass is 9.96. The van der Waals surface area contributed by atoms with Gasteiger partial charge in [-0.25, -0.2) is 14.5 Å². The third-order valence-electron chi connectivity index (χ3n) is 8.55. The van der Waals surface area contributed by atoms with Gasteiger partial charge in [0.05, 0.1) is 17.4 Å². The van der Waals surface area contributed by atoms with Crippen LogP contribution >= 0.6 is 0 Å². The molecule has 1 aliphatic rings. The van der Waals surface area contributed by atoms with Crippen molar-refractivity contribution < 1.29 is 23.1 Å². The number of alkyl halides is 3. The Balaban J connectivity index is 1.28. The molecule has 0 bridgehead atoms. The van der Waals surface area contributed by atoms with Crippen LogP contribution in [0.4, 0.5) is 13.2 Å². The molecule has 6 aromatic rings. The first-order chi connectivity index (χ1) is 23.1. The van der Waals surface area contributed by atoms with Crippen molar-refractivity contribution in [3.63, 3.8) is 0 Å². The highest BCUT2D eigenvalue weighted by atomic mass is 19.4. The van der Waals surface area contributed by atoms with E-state index in [1.165, 1.54) is 17.1 Å². The monoisotopic (exact) mass is 645 g/mol. The molecule has 1 N–H and O–H groups in total. The molecule has 240 valence electrons. The van der Waals surface area contributed by atoms with Gasteiger partial charge in [0.1, 0.15) is 5.75 Å². The van der Waals surface area contributed by atoms with Crippen molar-refractivity contribution in [3.8, 4) is 28.1 Å². The van der Waals surface area contributed by atoms with Gasteiger partial charge in [-0.05, 0) is 40.3 Å². The summed E-state index contributed by atoms with van der Waals surface area (Å²) in [6.45, 7) is 4.06. The van der Waals surface area contributed by atoms with Gasteiger partial charge < -0.3 is 5.11 Å². The Morgan fingerprint density at radius 2 is 1.44 bits per heavy atom. The zero-order valence-electron chi connectivity index (χ0n) is 26.1. The van der Waals surface area contributed by atoms with E-state index in [0.29, 0.717) is 21.4 Å². The number of amides is 1. The van der Waals surface area contributed by atoms with Gasteiger partial charge in [-0.15, -0.1) is 0 Å². The molecular formula is C38H30F3N5O2. The number of hydrogen-bond donors (Lipinski definition) is 1. The number of carbonyl (C=O) groups excluding carboxylic acids is 1. The van der Waals surface area contributed by atoms with E-state index in [4.69, 9.17) is 0 Å². The molecular weight excluding hydrogens is 615 g/mol. The fraction of sp³-hybridized carbons (Fsp3) is 0.158. The van der Waals surface area contributed by atoms with E-state index in [0.717, 1.165) is 28.3 Å². The van der Waals surface area contributed by atoms with E-state index in [-0.39, 0.29) is 35.1 Å². The Morgan fingerprint density at radius 1 is 0.812 bits per heavy atom. The summed E-state index contributed by atoms with van der Waals surface area (Å²) in [6, 6.07) is 32.9. The average Bonchev–Trinajstić information content (AvgIpc) is 3.73.